The van der Waals surface area contributed by atoms with Gasteiger partial charge in [0.15, 0.2) is 0 Å². The zero-order valence-corrected chi connectivity index (χ0v) is 10.5. The molecule has 0 bridgehead atoms. The van der Waals surface area contributed by atoms with E-state index in [4.69, 9.17) is 28.3 Å². The third-order valence-electron chi connectivity index (χ3n) is 2.46. The molecule has 19 heavy (non-hydrogen) atoms. The lowest BCUT2D eigenvalue weighted by Crippen LogP contribution is -2.40. The molecule has 1 atom stereocenters. The minimum absolute atomic E-state index is 0.0204. The molecule has 3 nitrogen and oxygen atoms in total. The molecule has 1 N–H and O–H groups in total. The fourth-order valence-electron chi connectivity index (χ4n) is 1.62. The Hall–Kier alpha value is -1.40. The van der Waals surface area contributed by atoms with Crippen molar-refractivity contribution in [2.75, 3.05) is 0 Å². The zero-order valence-electron chi connectivity index (χ0n) is 8.96. The Morgan fingerprint density at radius 2 is 1.95 bits per heavy atom. The van der Waals surface area contributed by atoms with Gasteiger partial charge in [-0.2, -0.15) is 13.2 Å². The van der Waals surface area contributed by atoms with Gasteiger partial charge in [0.2, 0.25) is 6.10 Å². The summed E-state index contributed by atoms with van der Waals surface area (Å²) in [6, 6.07) is 2.48. The number of carboxylic acids is 1. The standard InChI is InChI=1S/C11H5Cl2F3O3/c12-6-1-2-7-4(8(6)13)3-5(10(17)18)9(19-7)11(14,15)16/h1-3,9H,(H,17,18)/t9-/m0/s1. The highest BCUT2D eigenvalue weighted by molar-refractivity contribution is 6.43. The van der Waals surface area contributed by atoms with Crippen LogP contribution in [0, 0.1) is 0 Å². The Kier molecular flexibility index (Phi) is 3.40. The lowest BCUT2D eigenvalue weighted by atomic mass is 10.0. The summed E-state index contributed by atoms with van der Waals surface area (Å²) < 4.78 is 42.9. The maximum absolute atomic E-state index is 12.7. The van der Waals surface area contributed by atoms with Crippen LogP contribution in [0.25, 0.3) is 6.08 Å². The van der Waals surface area contributed by atoms with Crippen LogP contribution in [0.15, 0.2) is 17.7 Å². The summed E-state index contributed by atoms with van der Waals surface area (Å²) in [5, 5.41) is 8.87. The second-order valence-electron chi connectivity index (χ2n) is 3.72. The van der Waals surface area contributed by atoms with E-state index < -0.39 is 23.8 Å². The molecule has 2 rings (SSSR count). The number of aliphatic carboxylic acids is 1. The molecule has 0 saturated carbocycles. The molecular formula is C11H5Cl2F3O3. The number of fused-ring (bicyclic) bond motifs is 1. The lowest BCUT2D eigenvalue weighted by molar-refractivity contribution is -0.187. The van der Waals surface area contributed by atoms with Gasteiger partial charge in [-0.3, -0.25) is 0 Å². The SMILES string of the molecule is O=C(O)C1=Cc2c(ccc(Cl)c2Cl)O[C@@H]1C(F)(F)F. The number of ether oxygens (including phenoxy) is 1. The fraction of sp³-hybridized carbons (Fsp3) is 0.182. The summed E-state index contributed by atoms with van der Waals surface area (Å²) in [6.45, 7) is 0. The maximum Gasteiger partial charge on any atom is 0.430 e. The molecule has 1 aliphatic heterocycles. The zero-order chi connectivity index (χ0) is 14.4. The van der Waals surface area contributed by atoms with E-state index in [1.54, 1.807) is 0 Å². The fourth-order valence-corrected chi connectivity index (χ4v) is 2.00. The van der Waals surface area contributed by atoms with Gasteiger partial charge in [0.25, 0.3) is 0 Å². The van der Waals surface area contributed by atoms with Crippen LogP contribution in [0.3, 0.4) is 0 Å². The first kappa shape index (κ1) is 14.0. The summed E-state index contributed by atoms with van der Waals surface area (Å²) in [5.74, 6) is -1.90. The maximum atomic E-state index is 12.7. The van der Waals surface area contributed by atoms with Crippen molar-refractivity contribution in [2.45, 2.75) is 12.3 Å². The Morgan fingerprint density at radius 1 is 1.32 bits per heavy atom. The van der Waals surface area contributed by atoms with Crippen LogP contribution in [0.5, 0.6) is 5.75 Å². The van der Waals surface area contributed by atoms with Gasteiger partial charge >= 0.3 is 12.1 Å². The van der Waals surface area contributed by atoms with E-state index in [9.17, 15) is 18.0 Å². The molecule has 1 heterocycles. The third kappa shape index (κ3) is 2.50. The lowest BCUT2D eigenvalue weighted by Gasteiger charge is -2.27. The summed E-state index contributed by atoms with van der Waals surface area (Å²) in [7, 11) is 0. The van der Waals surface area contributed by atoms with Gasteiger partial charge in [-0.15, -0.1) is 0 Å². The molecule has 0 unspecified atom stereocenters. The highest BCUT2D eigenvalue weighted by Gasteiger charge is 2.48. The molecule has 1 aromatic rings. The molecule has 0 spiro atoms. The van der Waals surface area contributed by atoms with Crippen LogP contribution in [0.2, 0.25) is 10.0 Å². The Morgan fingerprint density at radius 3 is 2.47 bits per heavy atom. The van der Waals surface area contributed by atoms with Gasteiger partial charge < -0.3 is 9.84 Å². The van der Waals surface area contributed by atoms with E-state index in [0.717, 1.165) is 6.08 Å². The smallest absolute Gasteiger partial charge is 0.430 e. The molecular weight excluding hydrogens is 308 g/mol. The molecule has 0 aliphatic carbocycles. The van der Waals surface area contributed by atoms with Gasteiger partial charge in [-0.05, 0) is 18.2 Å². The Balaban J connectivity index is 2.61. The van der Waals surface area contributed by atoms with Crippen LogP contribution in [-0.4, -0.2) is 23.4 Å². The Bertz CT molecular complexity index is 581. The number of hydrogen-bond acceptors (Lipinski definition) is 2. The minimum Gasteiger partial charge on any atom is -0.478 e. The largest absolute Gasteiger partial charge is 0.478 e. The number of carbonyl (C=O) groups is 1. The van der Waals surface area contributed by atoms with Gasteiger partial charge in [0.1, 0.15) is 5.75 Å². The van der Waals surface area contributed by atoms with Crippen molar-refractivity contribution in [3.8, 4) is 5.75 Å². The molecule has 1 aliphatic rings. The minimum atomic E-state index is -4.84. The van der Waals surface area contributed by atoms with Crippen molar-refractivity contribution in [2.24, 2.45) is 0 Å². The first-order chi connectivity index (χ1) is 8.71. The number of carboxylic acid groups (broad SMARTS) is 1. The van der Waals surface area contributed by atoms with E-state index in [-0.39, 0.29) is 21.4 Å². The van der Waals surface area contributed by atoms with E-state index >= 15 is 0 Å². The predicted molar refractivity (Wildman–Crippen MR) is 62.5 cm³/mol. The van der Waals surface area contributed by atoms with Crippen LogP contribution in [-0.2, 0) is 4.79 Å². The van der Waals surface area contributed by atoms with Crippen LogP contribution >= 0.6 is 23.2 Å². The molecule has 102 valence electrons. The van der Waals surface area contributed by atoms with Gasteiger partial charge in [-0.25, -0.2) is 4.79 Å². The van der Waals surface area contributed by atoms with Crippen LogP contribution in [0.4, 0.5) is 13.2 Å². The van der Waals surface area contributed by atoms with Gasteiger partial charge in [0, 0.05) is 5.56 Å². The van der Waals surface area contributed by atoms with E-state index in [2.05, 4.69) is 4.74 Å². The quantitative estimate of drug-likeness (QED) is 0.858. The van der Waals surface area contributed by atoms with Crippen molar-refractivity contribution >= 4 is 35.2 Å². The van der Waals surface area contributed by atoms with Crippen molar-refractivity contribution in [3.63, 3.8) is 0 Å². The monoisotopic (exact) mass is 312 g/mol. The highest BCUT2D eigenvalue weighted by Crippen LogP contribution is 2.42. The first-order valence-corrected chi connectivity index (χ1v) is 5.63. The van der Waals surface area contributed by atoms with Crippen LogP contribution in [0.1, 0.15) is 5.56 Å². The van der Waals surface area contributed by atoms with Gasteiger partial charge in [-0.1, -0.05) is 23.2 Å². The molecule has 0 amide bonds. The number of rotatable bonds is 1. The third-order valence-corrected chi connectivity index (χ3v) is 3.28. The summed E-state index contributed by atoms with van der Waals surface area (Å²) in [5.41, 5.74) is -0.920. The number of hydrogen-bond donors (Lipinski definition) is 1. The average molecular weight is 313 g/mol. The summed E-state index contributed by atoms with van der Waals surface area (Å²) in [4.78, 5) is 10.9. The number of halogens is 5. The molecule has 0 saturated heterocycles. The van der Waals surface area contributed by atoms with Crippen molar-refractivity contribution in [3.05, 3.63) is 33.3 Å². The van der Waals surface area contributed by atoms with E-state index in [1.165, 1.54) is 12.1 Å². The molecule has 0 radical (unpaired) electrons. The second-order valence-corrected chi connectivity index (χ2v) is 4.50. The van der Waals surface area contributed by atoms with Gasteiger partial charge in [0.05, 0.1) is 15.6 Å². The van der Waals surface area contributed by atoms with Crippen molar-refractivity contribution in [1.29, 1.82) is 0 Å². The number of benzene rings is 1. The van der Waals surface area contributed by atoms with E-state index in [1.807, 2.05) is 0 Å². The molecule has 0 fully saturated rings. The molecule has 0 aromatic heterocycles. The molecule has 1 aromatic carbocycles. The van der Waals surface area contributed by atoms with Crippen molar-refractivity contribution < 1.29 is 27.8 Å². The molecule has 8 heteroatoms. The normalized spacial score (nSPS) is 18.4. The van der Waals surface area contributed by atoms with Crippen molar-refractivity contribution in [1.82, 2.24) is 0 Å². The summed E-state index contributed by atoms with van der Waals surface area (Å²) in [6.07, 6.45) is -6.54. The topological polar surface area (TPSA) is 46.5 Å². The van der Waals surface area contributed by atoms with Crippen LogP contribution < -0.4 is 4.74 Å². The second kappa shape index (κ2) is 4.61. The van der Waals surface area contributed by atoms with E-state index in [0.29, 0.717) is 0 Å². The predicted octanol–water partition coefficient (Wildman–Crippen LogP) is 3.78. The first-order valence-electron chi connectivity index (χ1n) is 4.88. The highest BCUT2D eigenvalue weighted by atomic mass is 35.5. The summed E-state index contributed by atoms with van der Waals surface area (Å²) >= 11 is 11.5. The average Bonchev–Trinajstić information content (AvgIpc) is 2.31. The Labute approximate surface area is 115 Å². The number of alkyl halides is 3.